The first-order valence-corrected chi connectivity index (χ1v) is 15.1. The normalized spacial score (nSPS) is 15.0. The van der Waals surface area contributed by atoms with Gasteiger partial charge in [0, 0.05) is 56.3 Å². The van der Waals surface area contributed by atoms with E-state index in [0.717, 1.165) is 55.0 Å². The zero-order chi connectivity index (χ0) is 30.5. The van der Waals surface area contributed by atoms with E-state index in [-0.39, 0.29) is 11.8 Å². The fourth-order valence-electron chi connectivity index (χ4n) is 6.17. The quantitative estimate of drug-likeness (QED) is 0.180. The van der Waals surface area contributed by atoms with E-state index in [1.54, 1.807) is 42.7 Å². The van der Waals surface area contributed by atoms with Gasteiger partial charge in [-0.25, -0.2) is 13.8 Å². The van der Waals surface area contributed by atoms with E-state index in [2.05, 4.69) is 14.8 Å². The lowest BCUT2D eigenvalue weighted by atomic mass is 9.93. The van der Waals surface area contributed by atoms with Crippen molar-refractivity contribution in [1.82, 2.24) is 19.8 Å². The number of anilines is 1. The minimum absolute atomic E-state index is 0.0951. The zero-order valence-electron chi connectivity index (χ0n) is 24.8. The van der Waals surface area contributed by atoms with Crippen LogP contribution in [0, 0.1) is 11.6 Å². The van der Waals surface area contributed by atoms with Crippen LogP contribution >= 0.6 is 0 Å². The molecular formula is C35H37F2N5O2. The summed E-state index contributed by atoms with van der Waals surface area (Å²) in [4.78, 5) is 27.9. The molecule has 3 heterocycles. The van der Waals surface area contributed by atoms with Gasteiger partial charge in [0.1, 0.15) is 0 Å². The summed E-state index contributed by atoms with van der Waals surface area (Å²) in [5, 5.41) is 0. The molecule has 0 saturated carbocycles. The van der Waals surface area contributed by atoms with Gasteiger partial charge in [-0.3, -0.25) is 4.79 Å². The molecule has 228 valence electrons. The van der Waals surface area contributed by atoms with Crippen LogP contribution in [-0.4, -0.2) is 64.9 Å². The standard InChI is InChI=1S/C35H37F2N5O2/c1-40(34(43)26-7-3-2-4-8-26)23-28(27-11-12-30(36)31(37)21-27)13-17-41-18-14-29(15-19-41)42(22-25-16-20-44-24-25)35-38-32-9-5-6-10-33(32)39-35/h2-12,16,20-21,24,28-29H,13-15,17-19,22-23H2,1H3,(H,38,39). The number of piperidine rings is 1. The second kappa shape index (κ2) is 13.4. The number of halogens is 2. The van der Waals surface area contributed by atoms with Crippen molar-refractivity contribution in [3.8, 4) is 0 Å². The number of H-pyrrole nitrogens is 1. The smallest absolute Gasteiger partial charge is 0.253 e. The topological polar surface area (TPSA) is 68.6 Å². The van der Waals surface area contributed by atoms with Gasteiger partial charge in [0.25, 0.3) is 5.91 Å². The lowest BCUT2D eigenvalue weighted by Gasteiger charge is -2.39. The number of fused-ring (bicyclic) bond motifs is 1. The van der Waals surface area contributed by atoms with Crippen molar-refractivity contribution in [2.45, 2.75) is 37.8 Å². The van der Waals surface area contributed by atoms with Crippen molar-refractivity contribution in [1.29, 1.82) is 0 Å². The van der Waals surface area contributed by atoms with Gasteiger partial charge >= 0.3 is 0 Å². The second-order valence-electron chi connectivity index (χ2n) is 11.6. The summed E-state index contributed by atoms with van der Waals surface area (Å²) in [5.41, 5.74) is 4.34. The molecule has 3 aromatic carbocycles. The van der Waals surface area contributed by atoms with E-state index in [4.69, 9.17) is 9.40 Å². The van der Waals surface area contributed by atoms with Gasteiger partial charge < -0.3 is 24.1 Å². The third kappa shape index (κ3) is 6.83. The van der Waals surface area contributed by atoms with E-state index in [9.17, 15) is 13.6 Å². The molecule has 1 aliphatic rings. The zero-order valence-corrected chi connectivity index (χ0v) is 24.8. The minimum atomic E-state index is -0.868. The minimum Gasteiger partial charge on any atom is -0.472 e. The predicted molar refractivity (Wildman–Crippen MR) is 168 cm³/mol. The van der Waals surface area contributed by atoms with Crippen LogP contribution in [0.5, 0.6) is 0 Å². The van der Waals surface area contributed by atoms with Crippen LogP contribution in [0.2, 0.25) is 0 Å². The summed E-state index contributed by atoms with van der Waals surface area (Å²) in [6, 6.07) is 23.5. The van der Waals surface area contributed by atoms with E-state index in [0.29, 0.717) is 36.7 Å². The molecule has 0 spiro atoms. The van der Waals surface area contributed by atoms with E-state index < -0.39 is 11.6 Å². The number of aromatic amines is 1. The molecule has 1 saturated heterocycles. The monoisotopic (exact) mass is 597 g/mol. The summed E-state index contributed by atoms with van der Waals surface area (Å²) in [6.45, 7) is 3.68. The number of furan rings is 1. The first-order valence-electron chi connectivity index (χ1n) is 15.1. The largest absolute Gasteiger partial charge is 0.472 e. The first-order chi connectivity index (χ1) is 21.4. The van der Waals surface area contributed by atoms with Crippen LogP contribution in [0.3, 0.4) is 0 Å². The number of nitrogens with zero attached hydrogens (tertiary/aromatic N) is 4. The lowest BCUT2D eigenvalue weighted by Crippen LogP contribution is -2.45. The highest BCUT2D eigenvalue weighted by Crippen LogP contribution is 2.28. The molecule has 5 aromatic rings. The number of carbonyl (C=O) groups is 1. The average molecular weight is 598 g/mol. The Balaban J connectivity index is 1.12. The number of hydrogen-bond acceptors (Lipinski definition) is 5. The molecule has 9 heteroatoms. The number of imidazole rings is 1. The third-order valence-corrected chi connectivity index (χ3v) is 8.65. The molecule has 0 radical (unpaired) electrons. The molecule has 1 fully saturated rings. The fraction of sp³-hybridized carbons (Fsp3) is 0.314. The molecule has 0 bridgehead atoms. The van der Waals surface area contributed by atoms with Crippen LogP contribution in [0.4, 0.5) is 14.7 Å². The summed E-state index contributed by atoms with van der Waals surface area (Å²) in [6.07, 6.45) is 6.10. The molecule has 1 atom stereocenters. The number of para-hydroxylation sites is 2. The van der Waals surface area contributed by atoms with Crippen molar-refractivity contribution in [2.75, 3.05) is 38.1 Å². The van der Waals surface area contributed by atoms with Crippen molar-refractivity contribution in [3.05, 3.63) is 120 Å². The van der Waals surface area contributed by atoms with Crippen LogP contribution in [0.15, 0.2) is 95.8 Å². The van der Waals surface area contributed by atoms with Gasteiger partial charge in [0.2, 0.25) is 5.95 Å². The molecule has 2 aromatic heterocycles. The Morgan fingerprint density at radius 3 is 2.52 bits per heavy atom. The Hall–Kier alpha value is -4.50. The molecule has 1 aliphatic heterocycles. The highest BCUT2D eigenvalue weighted by atomic mass is 19.2. The number of rotatable bonds is 11. The Morgan fingerprint density at radius 1 is 1.02 bits per heavy atom. The van der Waals surface area contributed by atoms with Crippen LogP contribution in [0.25, 0.3) is 11.0 Å². The van der Waals surface area contributed by atoms with Gasteiger partial charge in [0.15, 0.2) is 11.6 Å². The van der Waals surface area contributed by atoms with Crippen LogP contribution < -0.4 is 4.90 Å². The number of nitrogens with one attached hydrogen (secondary N) is 1. The summed E-state index contributed by atoms with van der Waals surface area (Å²) >= 11 is 0. The Labute approximate surface area is 256 Å². The number of amides is 1. The Morgan fingerprint density at radius 2 is 1.80 bits per heavy atom. The predicted octanol–water partition coefficient (Wildman–Crippen LogP) is 6.85. The van der Waals surface area contributed by atoms with Crippen LogP contribution in [-0.2, 0) is 6.54 Å². The number of hydrogen-bond donors (Lipinski definition) is 1. The van der Waals surface area contributed by atoms with Crippen LogP contribution in [0.1, 0.15) is 46.7 Å². The molecule has 6 rings (SSSR count). The number of benzene rings is 3. The number of aromatic nitrogens is 2. The molecule has 1 N–H and O–H groups in total. The van der Waals surface area contributed by atoms with Gasteiger partial charge in [-0.05, 0) is 73.8 Å². The lowest BCUT2D eigenvalue weighted by molar-refractivity contribution is 0.0781. The number of likely N-dealkylation sites (N-methyl/N-ethyl adjacent to an activating group) is 1. The average Bonchev–Trinajstić information content (AvgIpc) is 3.73. The van der Waals surface area contributed by atoms with E-state index >= 15 is 0 Å². The molecular weight excluding hydrogens is 560 g/mol. The summed E-state index contributed by atoms with van der Waals surface area (Å²) in [7, 11) is 1.76. The SMILES string of the molecule is CN(CC(CCN1CCC(N(Cc2ccoc2)c2nc3ccccc3[nH]2)CC1)c1ccc(F)c(F)c1)C(=O)c1ccccc1. The van der Waals surface area contributed by atoms with Crippen molar-refractivity contribution >= 4 is 22.9 Å². The van der Waals surface area contributed by atoms with Gasteiger partial charge in [-0.15, -0.1) is 0 Å². The van der Waals surface area contributed by atoms with Crippen molar-refractivity contribution in [2.24, 2.45) is 0 Å². The molecule has 1 unspecified atom stereocenters. The van der Waals surface area contributed by atoms with Gasteiger partial charge in [-0.1, -0.05) is 36.4 Å². The highest BCUT2D eigenvalue weighted by Gasteiger charge is 2.28. The fourth-order valence-corrected chi connectivity index (χ4v) is 6.17. The maximum atomic E-state index is 14.3. The number of carbonyl (C=O) groups excluding carboxylic acids is 1. The van der Waals surface area contributed by atoms with E-state index in [1.165, 1.54) is 12.1 Å². The molecule has 0 aliphatic carbocycles. The van der Waals surface area contributed by atoms with Crippen molar-refractivity contribution < 1.29 is 18.0 Å². The van der Waals surface area contributed by atoms with Gasteiger partial charge in [0.05, 0.1) is 23.6 Å². The molecule has 1 amide bonds. The van der Waals surface area contributed by atoms with Gasteiger partial charge in [-0.2, -0.15) is 0 Å². The maximum absolute atomic E-state index is 14.3. The maximum Gasteiger partial charge on any atom is 0.253 e. The summed E-state index contributed by atoms with van der Waals surface area (Å²) in [5.74, 6) is -1.12. The van der Waals surface area contributed by atoms with Crippen molar-refractivity contribution in [3.63, 3.8) is 0 Å². The van der Waals surface area contributed by atoms with E-state index in [1.807, 2.05) is 48.5 Å². The molecule has 7 nitrogen and oxygen atoms in total. The summed E-state index contributed by atoms with van der Waals surface area (Å²) < 4.78 is 33.4. The first kappa shape index (κ1) is 29.6. The Kier molecular flexibility index (Phi) is 9.02. The number of likely N-dealkylation sites (tertiary alicyclic amines) is 1. The Bertz CT molecular complexity index is 1630. The third-order valence-electron chi connectivity index (χ3n) is 8.65. The highest BCUT2D eigenvalue weighted by molar-refractivity contribution is 5.94. The second-order valence-corrected chi connectivity index (χ2v) is 11.6. The molecule has 44 heavy (non-hydrogen) atoms.